The summed E-state index contributed by atoms with van der Waals surface area (Å²) in [6.45, 7) is 5.32. The summed E-state index contributed by atoms with van der Waals surface area (Å²) in [6.07, 6.45) is 4.63. The average molecular weight is 476 g/mol. The third-order valence-electron chi connectivity index (χ3n) is 7.25. The summed E-state index contributed by atoms with van der Waals surface area (Å²) in [4.78, 5) is 28.8. The number of carbonyl (C=O) groups is 2. The lowest BCUT2D eigenvalue weighted by molar-refractivity contribution is -0.174. The first kappa shape index (κ1) is 23.2. The number of hydrogen-bond donors (Lipinski definition) is 1. The molecule has 5 heterocycles. The van der Waals surface area contributed by atoms with E-state index >= 15 is 0 Å². The average Bonchev–Trinajstić information content (AvgIpc) is 2.77. The highest BCUT2D eigenvalue weighted by Gasteiger charge is 2.50. The van der Waals surface area contributed by atoms with Crippen LogP contribution >= 0.6 is 0 Å². The van der Waals surface area contributed by atoms with E-state index in [-0.39, 0.29) is 42.4 Å². The van der Waals surface area contributed by atoms with E-state index in [1.165, 1.54) is 6.07 Å². The molecule has 5 aliphatic heterocycles. The van der Waals surface area contributed by atoms with Crippen LogP contribution in [0.5, 0.6) is 0 Å². The molecule has 4 bridgehead atoms. The van der Waals surface area contributed by atoms with Gasteiger partial charge in [0.2, 0.25) is 0 Å². The van der Waals surface area contributed by atoms with Crippen molar-refractivity contribution in [2.24, 2.45) is 5.92 Å². The van der Waals surface area contributed by atoms with E-state index in [0.717, 1.165) is 38.5 Å². The molecule has 0 radical (unpaired) electrons. The van der Waals surface area contributed by atoms with Crippen molar-refractivity contribution in [1.82, 2.24) is 4.90 Å². The molecule has 0 saturated carbocycles. The molecule has 5 aliphatic rings. The predicted octanol–water partition coefficient (Wildman–Crippen LogP) is 4.53. The fourth-order valence-corrected chi connectivity index (χ4v) is 5.84. The highest BCUT2D eigenvalue weighted by Crippen LogP contribution is 2.43. The molecule has 1 aromatic carbocycles. The van der Waals surface area contributed by atoms with E-state index in [9.17, 15) is 14.0 Å². The lowest BCUT2D eigenvalue weighted by Gasteiger charge is -2.55. The van der Waals surface area contributed by atoms with Crippen molar-refractivity contribution in [2.75, 3.05) is 29.9 Å². The Bertz CT molecular complexity index is 898. The largest absolute Gasteiger partial charge is 0.449 e. The number of benzene rings is 1. The molecule has 1 N–H and O–H groups in total. The van der Waals surface area contributed by atoms with Crippen LogP contribution in [0, 0.1) is 11.7 Å². The van der Waals surface area contributed by atoms with Crippen molar-refractivity contribution >= 4 is 23.6 Å². The molecule has 8 nitrogen and oxygen atoms in total. The Labute approximate surface area is 199 Å². The molecule has 1 atom stereocenters. The molecular weight excluding hydrogens is 441 g/mol. The highest BCUT2D eigenvalue weighted by molar-refractivity contribution is 5.85. The van der Waals surface area contributed by atoms with E-state index in [0.29, 0.717) is 31.1 Å². The minimum absolute atomic E-state index is 0.216. The zero-order valence-electron chi connectivity index (χ0n) is 19.9. The number of amides is 2. The van der Waals surface area contributed by atoms with Crippen LogP contribution in [0.1, 0.15) is 52.4 Å². The van der Waals surface area contributed by atoms with Gasteiger partial charge in [-0.1, -0.05) is 13.8 Å². The van der Waals surface area contributed by atoms with Crippen LogP contribution in [0.25, 0.3) is 0 Å². The number of carbonyl (C=O) groups excluding carboxylic acids is 2. The molecule has 1 aromatic rings. The van der Waals surface area contributed by atoms with Gasteiger partial charge in [0.15, 0.2) is 0 Å². The van der Waals surface area contributed by atoms with Crippen LogP contribution in [0.15, 0.2) is 18.2 Å². The van der Waals surface area contributed by atoms with Gasteiger partial charge in [0.25, 0.3) is 0 Å². The second-order valence-electron chi connectivity index (χ2n) is 10.4. The summed E-state index contributed by atoms with van der Waals surface area (Å²) < 4.78 is 31.9. The Balaban J connectivity index is 1.17. The minimum Gasteiger partial charge on any atom is -0.449 e. The second kappa shape index (κ2) is 9.60. The van der Waals surface area contributed by atoms with Gasteiger partial charge in [-0.2, -0.15) is 0 Å². The van der Waals surface area contributed by atoms with Crippen LogP contribution in [0.4, 0.5) is 25.4 Å². The van der Waals surface area contributed by atoms with E-state index in [1.807, 2.05) is 23.6 Å². The smallest absolute Gasteiger partial charge is 0.411 e. The molecule has 2 amide bonds. The Kier molecular flexibility index (Phi) is 6.55. The summed E-state index contributed by atoms with van der Waals surface area (Å²) in [6, 6.07) is 5.04. The third-order valence-corrected chi connectivity index (χ3v) is 7.25. The van der Waals surface area contributed by atoms with Crippen LogP contribution < -0.4 is 10.2 Å². The van der Waals surface area contributed by atoms with Crippen LogP contribution in [0.3, 0.4) is 0 Å². The SMILES string of the molecule is CC(C)COC(=O)Nc1ccc(N2CCCC(OC(=O)N3C4CC5CC3CC(C4)O5)C2)c(F)c1. The number of halogens is 1. The van der Waals surface area contributed by atoms with Gasteiger partial charge < -0.3 is 24.0 Å². The fourth-order valence-electron chi connectivity index (χ4n) is 5.84. The Morgan fingerprint density at radius 3 is 2.53 bits per heavy atom. The molecule has 0 aliphatic carbocycles. The first-order valence-corrected chi connectivity index (χ1v) is 12.5. The molecule has 9 heteroatoms. The number of anilines is 2. The third kappa shape index (κ3) is 4.94. The molecular formula is C25H34FN3O5. The zero-order chi connectivity index (χ0) is 23.8. The maximum Gasteiger partial charge on any atom is 0.411 e. The number of nitrogens with one attached hydrogen (secondary N) is 1. The molecule has 0 aromatic heterocycles. The lowest BCUT2D eigenvalue weighted by atomic mass is 9.78. The standard InChI is InChI=1S/C25H34FN3O5/c1-15(2)14-32-24(30)27-16-5-6-23(22(26)8-16)28-7-3-4-19(13-28)34-25(31)29-17-9-20-11-18(29)12-21(10-17)33-20/h5-6,8,15,17-21H,3-4,7,9-14H2,1-2H3,(H,27,30). The zero-order valence-corrected chi connectivity index (χ0v) is 19.9. The normalized spacial score (nSPS) is 29.9. The molecule has 5 saturated heterocycles. The van der Waals surface area contributed by atoms with Crippen LogP contribution in [0.2, 0.25) is 0 Å². The minimum atomic E-state index is -0.600. The van der Waals surface area contributed by atoms with Crippen molar-refractivity contribution in [3.63, 3.8) is 0 Å². The second-order valence-corrected chi connectivity index (χ2v) is 10.4. The maximum absolute atomic E-state index is 14.9. The summed E-state index contributed by atoms with van der Waals surface area (Å²) in [5, 5.41) is 2.56. The van der Waals surface area contributed by atoms with Gasteiger partial charge in [-0.15, -0.1) is 0 Å². The monoisotopic (exact) mass is 475 g/mol. The van der Waals surface area contributed by atoms with E-state index in [2.05, 4.69) is 5.32 Å². The molecule has 34 heavy (non-hydrogen) atoms. The summed E-state index contributed by atoms with van der Waals surface area (Å²) in [7, 11) is 0. The van der Waals surface area contributed by atoms with Crippen molar-refractivity contribution in [3.8, 4) is 0 Å². The van der Waals surface area contributed by atoms with Crippen molar-refractivity contribution in [1.29, 1.82) is 0 Å². The van der Waals surface area contributed by atoms with E-state index in [4.69, 9.17) is 14.2 Å². The van der Waals surface area contributed by atoms with Gasteiger partial charge in [0.05, 0.1) is 31.0 Å². The maximum atomic E-state index is 14.9. The Morgan fingerprint density at radius 1 is 1.18 bits per heavy atom. The molecule has 0 spiro atoms. The molecule has 186 valence electrons. The number of piperidine rings is 3. The predicted molar refractivity (Wildman–Crippen MR) is 124 cm³/mol. The molecule has 5 fully saturated rings. The van der Waals surface area contributed by atoms with E-state index < -0.39 is 11.9 Å². The Morgan fingerprint density at radius 2 is 1.88 bits per heavy atom. The molecule has 6 rings (SSSR count). The quantitative estimate of drug-likeness (QED) is 0.674. The topological polar surface area (TPSA) is 80.3 Å². The molecule has 1 unspecified atom stereocenters. The van der Waals surface area contributed by atoms with Gasteiger partial charge in [-0.05, 0) is 62.6 Å². The van der Waals surface area contributed by atoms with Gasteiger partial charge in [0, 0.05) is 24.3 Å². The number of nitrogens with zero attached hydrogens (tertiary/aromatic N) is 2. The highest BCUT2D eigenvalue weighted by atomic mass is 19.1. The number of hydrogen-bond acceptors (Lipinski definition) is 6. The summed E-state index contributed by atoms with van der Waals surface area (Å²) in [5.74, 6) is -0.210. The number of ether oxygens (including phenoxy) is 3. The van der Waals surface area contributed by atoms with Crippen LogP contribution in [-0.4, -0.2) is 67.2 Å². The van der Waals surface area contributed by atoms with Gasteiger partial charge in [-0.25, -0.2) is 14.0 Å². The van der Waals surface area contributed by atoms with Crippen molar-refractivity contribution in [3.05, 3.63) is 24.0 Å². The summed E-state index contributed by atoms with van der Waals surface area (Å²) in [5.41, 5.74) is 0.780. The summed E-state index contributed by atoms with van der Waals surface area (Å²) >= 11 is 0. The Hall–Kier alpha value is -2.55. The first-order chi connectivity index (χ1) is 16.4. The van der Waals surface area contributed by atoms with Crippen molar-refractivity contribution in [2.45, 2.75) is 82.8 Å². The lowest BCUT2D eigenvalue weighted by Crippen LogP contribution is -2.64. The van der Waals surface area contributed by atoms with Crippen molar-refractivity contribution < 1.29 is 28.2 Å². The van der Waals surface area contributed by atoms with Crippen LogP contribution in [-0.2, 0) is 14.2 Å². The first-order valence-electron chi connectivity index (χ1n) is 12.5. The van der Waals surface area contributed by atoms with Gasteiger partial charge >= 0.3 is 12.2 Å². The fraction of sp³-hybridized carbons (Fsp3) is 0.680. The van der Waals surface area contributed by atoms with Gasteiger partial charge in [-0.3, -0.25) is 5.32 Å². The van der Waals surface area contributed by atoms with Gasteiger partial charge in [0.1, 0.15) is 11.9 Å². The number of rotatable bonds is 5. The van der Waals surface area contributed by atoms with E-state index in [1.54, 1.807) is 12.1 Å².